The number of cyclic esters (lactones) is 2. The lowest BCUT2D eigenvalue weighted by molar-refractivity contribution is -0.210. The summed E-state index contributed by atoms with van der Waals surface area (Å²) in [6, 6.07) is 37.5. The van der Waals surface area contributed by atoms with Gasteiger partial charge >= 0.3 is 35.5 Å². The van der Waals surface area contributed by atoms with Crippen molar-refractivity contribution < 1.29 is 56.4 Å². The van der Waals surface area contributed by atoms with Crippen molar-refractivity contribution in [2.75, 3.05) is 0 Å². The lowest BCUT2D eigenvalue weighted by atomic mass is 10.0. The summed E-state index contributed by atoms with van der Waals surface area (Å²) in [5.74, 6) is -6.93. The molecule has 12 heteroatoms. The van der Waals surface area contributed by atoms with E-state index < -0.39 is 59.3 Å². The molecule has 0 amide bonds. The molecule has 8 rings (SSSR count). The van der Waals surface area contributed by atoms with Gasteiger partial charge in [-0.15, -0.1) is 0 Å². The zero-order chi connectivity index (χ0) is 40.9. The van der Waals surface area contributed by atoms with Crippen LogP contribution in [0.5, 0.6) is 11.5 Å². The first-order chi connectivity index (χ1) is 27.9. The smallest absolute Gasteiger partial charge is 0.393 e. The number of benzene rings is 6. The molecular formula is C46H38F2O10. The van der Waals surface area contributed by atoms with Crippen LogP contribution in [0.2, 0.25) is 0 Å². The van der Waals surface area contributed by atoms with E-state index >= 15 is 0 Å². The molecule has 0 aromatic heterocycles. The lowest BCUT2D eigenvalue weighted by Gasteiger charge is -2.27. The second-order valence-electron chi connectivity index (χ2n) is 13.9. The molecule has 2 aliphatic rings. The summed E-state index contributed by atoms with van der Waals surface area (Å²) < 4.78 is 59.3. The summed E-state index contributed by atoms with van der Waals surface area (Å²) in [6.07, 6.45) is -1.07. The predicted octanol–water partition coefficient (Wildman–Crippen LogP) is 9.39. The third-order valence-corrected chi connectivity index (χ3v) is 9.74. The topological polar surface area (TPSA) is 124 Å². The molecule has 10 nitrogen and oxygen atoms in total. The van der Waals surface area contributed by atoms with Gasteiger partial charge in [0.1, 0.15) is 35.3 Å². The SMILES string of the molecule is CC(OC(=O)[C@@]1(Oc2ccc(F)cc2)CCC(=O)O1)c1ccc2ccccc2c1.CC(OC(=O)[C@]1(Oc2ccc(F)cc2)CCC(=O)O1)c1ccc2ccccc2c1. The highest BCUT2D eigenvalue weighted by atomic mass is 19.1. The maximum atomic E-state index is 13.2. The summed E-state index contributed by atoms with van der Waals surface area (Å²) in [5, 5.41) is 4.21. The fourth-order valence-corrected chi connectivity index (χ4v) is 6.56. The van der Waals surface area contributed by atoms with E-state index in [0.29, 0.717) is 0 Å². The van der Waals surface area contributed by atoms with E-state index in [0.717, 1.165) is 32.7 Å². The van der Waals surface area contributed by atoms with Gasteiger partial charge < -0.3 is 28.4 Å². The predicted molar refractivity (Wildman–Crippen MR) is 207 cm³/mol. The van der Waals surface area contributed by atoms with Crippen molar-refractivity contribution in [3.05, 3.63) is 156 Å². The molecule has 0 saturated carbocycles. The fourth-order valence-electron chi connectivity index (χ4n) is 6.56. The van der Waals surface area contributed by atoms with Gasteiger partial charge in [0.25, 0.3) is 0 Å². The molecule has 296 valence electrons. The quantitative estimate of drug-likeness (QED) is 0.0980. The molecule has 0 bridgehead atoms. The maximum absolute atomic E-state index is 13.2. The van der Waals surface area contributed by atoms with Crippen molar-refractivity contribution >= 4 is 45.4 Å². The van der Waals surface area contributed by atoms with Gasteiger partial charge in [0.15, 0.2) is 0 Å². The first kappa shape index (κ1) is 39.4. The minimum absolute atomic E-state index is 0.0203. The van der Waals surface area contributed by atoms with Crippen molar-refractivity contribution in [2.45, 2.75) is 63.3 Å². The van der Waals surface area contributed by atoms with Crippen LogP contribution in [0.25, 0.3) is 21.5 Å². The van der Waals surface area contributed by atoms with Crippen LogP contribution in [0.4, 0.5) is 8.78 Å². The Kier molecular flexibility index (Phi) is 11.4. The van der Waals surface area contributed by atoms with Crippen LogP contribution >= 0.6 is 0 Å². The molecule has 2 unspecified atom stereocenters. The second kappa shape index (κ2) is 16.7. The van der Waals surface area contributed by atoms with E-state index in [1.54, 1.807) is 13.8 Å². The highest BCUT2D eigenvalue weighted by molar-refractivity contribution is 5.88. The summed E-state index contributed by atoms with van der Waals surface area (Å²) >= 11 is 0. The molecule has 6 aromatic rings. The monoisotopic (exact) mass is 788 g/mol. The molecule has 0 radical (unpaired) electrons. The van der Waals surface area contributed by atoms with Gasteiger partial charge in [-0.2, -0.15) is 0 Å². The molecule has 6 aromatic carbocycles. The number of rotatable bonds is 10. The third kappa shape index (κ3) is 8.91. The zero-order valence-corrected chi connectivity index (χ0v) is 31.5. The Morgan fingerprint density at radius 2 is 0.897 bits per heavy atom. The largest absolute Gasteiger partial charge is 0.452 e. The van der Waals surface area contributed by atoms with E-state index in [1.165, 1.54) is 48.5 Å². The van der Waals surface area contributed by atoms with E-state index in [2.05, 4.69) is 0 Å². The van der Waals surface area contributed by atoms with Crippen LogP contribution in [0, 0.1) is 11.6 Å². The first-order valence-electron chi connectivity index (χ1n) is 18.6. The first-order valence-corrected chi connectivity index (χ1v) is 18.6. The summed E-state index contributed by atoms with van der Waals surface area (Å²) in [4.78, 5) is 49.3. The molecule has 58 heavy (non-hydrogen) atoms. The molecular weight excluding hydrogens is 750 g/mol. The number of hydrogen-bond donors (Lipinski definition) is 0. The van der Waals surface area contributed by atoms with E-state index in [-0.39, 0.29) is 37.2 Å². The lowest BCUT2D eigenvalue weighted by Crippen LogP contribution is -2.46. The van der Waals surface area contributed by atoms with Gasteiger partial charge in [-0.3, -0.25) is 9.59 Å². The van der Waals surface area contributed by atoms with E-state index in [4.69, 9.17) is 28.4 Å². The molecule has 2 aliphatic heterocycles. The molecule has 0 spiro atoms. The normalized spacial score (nSPS) is 19.6. The molecule has 0 N–H and O–H groups in total. The van der Waals surface area contributed by atoms with Crippen molar-refractivity contribution in [3.8, 4) is 11.5 Å². The Bertz CT molecular complexity index is 2300. The Hall–Kier alpha value is -6.82. The highest BCUT2D eigenvalue weighted by Gasteiger charge is 2.53. The minimum Gasteiger partial charge on any atom is -0.452 e. The van der Waals surface area contributed by atoms with Gasteiger partial charge in [-0.1, -0.05) is 72.8 Å². The number of ether oxygens (including phenoxy) is 6. The van der Waals surface area contributed by atoms with E-state index in [9.17, 15) is 28.0 Å². The van der Waals surface area contributed by atoms with Crippen LogP contribution < -0.4 is 9.47 Å². The number of carbonyl (C=O) groups is 4. The van der Waals surface area contributed by atoms with Crippen LogP contribution in [0.3, 0.4) is 0 Å². The van der Waals surface area contributed by atoms with Gasteiger partial charge in [-0.05, 0) is 107 Å². The minimum atomic E-state index is -1.87. The average molecular weight is 789 g/mol. The zero-order valence-electron chi connectivity index (χ0n) is 31.5. The number of halogens is 2. The standard InChI is InChI=1S/2C23H19FO5/c2*1-15(17-7-6-16-4-2-3-5-18(16)14-17)27-22(26)23(13-12-21(25)29-23)28-20-10-8-19(24)9-11-20/h2*2-11,14-15H,12-13H2,1H3/t2*15?,23-/m10/s1. The summed E-state index contributed by atoms with van der Waals surface area (Å²) in [6.45, 7) is 3.48. The van der Waals surface area contributed by atoms with Gasteiger partial charge in [0, 0.05) is 12.8 Å². The number of esters is 4. The van der Waals surface area contributed by atoms with Crippen molar-refractivity contribution in [2.24, 2.45) is 0 Å². The number of hydrogen-bond acceptors (Lipinski definition) is 10. The van der Waals surface area contributed by atoms with Gasteiger partial charge in [0.05, 0.1) is 12.8 Å². The maximum Gasteiger partial charge on any atom is 0.393 e. The number of fused-ring (bicyclic) bond motifs is 2. The Morgan fingerprint density at radius 3 is 1.24 bits per heavy atom. The molecule has 2 fully saturated rings. The molecule has 0 aliphatic carbocycles. The van der Waals surface area contributed by atoms with Gasteiger partial charge in [0.2, 0.25) is 0 Å². The van der Waals surface area contributed by atoms with Crippen LogP contribution in [0.15, 0.2) is 133 Å². The van der Waals surface area contributed by atoms with Crippen LogP contribution in [0.1, 0.15) is 62.9 Å². The van der Waals surface area contributed by atoms with Crippen LogP contribution in [-0.4, -0.2) is 35.5 Å². The molecule has 2 saturated heterocycles. The Balaban J connectivity index is 0.000000177. The second-order valence-corrected chi connectivity index (χ2v) is 13.9. The van der Waals surface area contributed by atoms with Crippen molar-refractivity contribution in [3.63, 3.8) is 0 Å². The third-order valence-electron chi connectivity index (χ3n) is 9.74. The van der Waals surface area contributed by atoms with E-state index in [1.807, 2.05) is 84.9 Å². The summed E-state index contributed by atoms with van der Waals surface area (Å²) in [7, 11) is 0. The van der Waals surface area contributed by atoms with Gasteiger partial charge in [-0.25, -0.2) is 18.4 Å². The Morgan fingerprint density at radius 1 is 0.534 bits per heavy atom. The number of carbonyl (C=O) groups excluding carboxylic acids is 4. The fraction of sp³-hybridized carbons (Fsp3) is 0.217. The van der Waals surface area contributed by atoms with Crippen molar-refractivity contribution in [1.29, 1.82) is 0 Å². The molecule has 2 heterocycles. The highest BCUT2D eigenvalue weighted by Crippen LogP contribution is 2.35. The Labute approximate surface area is 332 Å². The van der Waals surface area contributed by atoms with Crippen LogP contribution in [-0.2, 0) is 38.1 Å². The molecule has 4 atom stereocenters. The summed E-state index contributed by atoms with van der Waals surface area (Å²) in [5.41, 5.74) is 1.61. The average Bonchev–Trinajstić information content (AvgIpc) is 3.81. The van der Waals surface area contributed by atoms with Crippen molar-refractivity contribution in [1.82, 2.24) is 0 Å².